The van der Waals surface area contributed by atoms with Crippen LogP contribution < -0.4 is 15.1 Å². The topological polar surface area (TPSA) is 70.6 Å². The van der Waals surface area contributed by atoms with Crippen LogP contribution in [0, 0.1) is 6.92 Å². The Morgan fingerprint density at radius 2 is 1.81 bits per heavy atom. The van der Waals surface area contributed by atoms with E-state index in [2.05, 4.69) is 20.2 Å². The first kappa shape index (κ1) is 21.2. The summed E-state index contributed by atoms with van der Waals surface area (Å²) in [5, 5.41) is 3.83. The number of aryl methyl sites for hydroxylation is 1. The van der Waals surface area contributed by atoms with Crippen LogP contribution in [0.5, 0.6) is 0 Å². The van der Waals surface area contributed by atoms with Crippen LogP contribution in [0.1, 0.15) is 43.9 Å². The van der Waals surface area contributed by atoms with E-state index in [1.165, 1.54) is 0 Å². The Morgan fingerprint density at radius 1 is 1.16 bits per heavy atom. The standard InChI is InChI=1S/C23H27N5O2S/c1-4-30-21(29)19-16(3)28(18-9-7-15(2)8-10-18)23(31)26-20(19)17-13-24-22(25-14-17)27-11-5-6-12-27/h7-10,13-14,20H,4-6,11-12H2,1-3H3,(H,26,31)/t20-/m1/s1. The smallest absolute Gasteiger partial charge is 0.338 e. The molecule has 31 heavy (non-hydrogen) atoms. The molecule has 2 aromatic rings. The normalized spacial score (nSPS) is 18.9. The first-order chi connectivity index (χ1) is 15.0. The number of nitrogens with zero attached hydrogens (tertiary/aromatic N) is 4. The lowest BCUT2D eigenvalue weighted by atomic mass is 9.96. The summed E-state index contributed by atoms with van der Waals surface area (Å²) in [5.41, 5.74) is 4.06. The molecule has 3 heterocycles. The van der Waals surface area contributed by atoms with Gasteiger partial charge in [0.05, 0.1) is 18.2 Å². The van der Waals surface area contributed by atoms with Gasteiger partial charge in [-0.2, -0.15) is 0 Å². The van der Waals surface area contributed by atoms with E-state index in [1.54, 1.807) is 19.3 Å². The number of allylic oxidation sites excluding steroid dienone is 1. The molecule has 1 aromatic carbocycles. The van der Waals surface area contributed by atoms with Crippen LogP contribution in [0.15, 0.2) is 47.9 Å². The van der Waals surface area contributed by atoms with Crippen molar-refractivity contribution in [2.75, 3.05) is 29.5 Å². The van der Waals surface area contributed by atoms with Gasteiger partial charge in [-0.15, -0.1) is 0 Å². The van der Waals surface area contributed by atoms with E-state index in [1.807, 2.05) is 43.0 Å². The number of aromatic nitrogens is 2. The van der Waals surface area contributed by atoms with E-state index in [0.717, 1.165) is 54.4 Å². The highest BCUT2D eigenvalue weighted by molar-refractivity contribution is 7.80. The van der Waals surface area contributed by atoms with Crippen molar-refractivity contribution in [2.24, 2.45) is 0 Å². The number of ether oxygens (including phenoxy) is 1. The third-order valence-electron chi connectivity index (χ3n) is 5.65. The summed E-state index contributed by atoms with van der Waals surface area (Å²) in [6, 6.07) is 7.55. The number of thiocarbonyl (C=S) groups is 1. The number of rotatable bonds is 5. The first-order valence-electron chi connectivity index (χ1n) is 10.6. The molecule has 1 fully saturated rings. The molecule has 1 N–H and O–H groups in total. The fourth-order valence-corrected chi connectivity index (χ4v) is 4.39. The molecular weight excluding hydrogens is 410 g/mol. The van der Waals surface area contributed by atoms with Crippen LogP contribution >= 0.6 is 12.2 Å². The molecule has 0 aliphatic carbocycles. The van der Waals surface area contributed by atoms with Crippen molar-refractivity contribution in [3.8, 4) is 0 Å². The van der Waals surface area contributed by atoms with Gasteiger partial charge in [-0.25, -0.2) is 14.8 Å². The third kappa shape index (κ3) is 4.25. The highest BCUT2D eigenvalue weighted by Gasteiger charge is 2.36. The molecule has 0 unspecified atom stereocenters. The zero-order chi connectivity index (χ0) is 22.0. The van der Waals surface area contributed by atoms with E-state index in [0.29, 0.717) is 17.3 Å². The van der Waals surface area contributed by atoms with Crippen LogP contribution in [0.25, 0.3) is 0 Å². The maximum Gasteiger partial charge on any atom is 0.338 e. The van der Waals surface area contributed by atoms with Crippen molar-refractivity contribution in [1.29, 1.82) is 0 Å². The minimum atomic E-state index is -0.471. The summed E-state index contributed by atoms with van der Waals surface area (Å²) >= 11 is 5.69. The van der Waals surface area contributed by atoms with Crippen LogP contribution in [-0.4, -0.2) is 40.7 Å². The highest BCUT2D eigenvalue weighted by atomic mass is 32.1. The number of esters is 1. The number of benzene rings is 1. The Hall–Kier alpha value is -3.00. The van der Waals surface area contributed by atoms with Gasteiger partial charge in [0.2, 0.25) is 5.95 Å². The summed E-state index contributed by atoms with van der Waals surface area (Å²) in [6.07, 6.45) is 5.87. The number of anilines is 2. The van der Waals surface area contributed by atoms with Crippen molar-refractivity contribution in [1.82, 2.24) is 15.3 Å². The molecular formula is C23H27N5O2S. The monoisotopic (exact) mass is 437 g/mol. The molecule has 0 spiro atoms. The fraction of sp³-hybridized carbons (Fsp3) is 0.391. The van der Waals surface area contributed by atoms with E-state index in [9.17, 15) is 4.79 Å². The van der Waals surface area contributed by atoms with Crippen molar-refractivity contribution in [3.05, 3.63) is 59.1 Å². The van der Waals surface area contributed by atoms with Gasteiger partial charge in [0.1, 0.15) is 0 Å². The van der Waals surface area contributed by atoms with Gasteiger partial charge in [0, 0.05) is 42.4 Å². The molecule has 162 valence electrons. The second kappa shape index (κ2) is 9.01. The maximum absolute atomic E-state index is 13.0. The molecule has 2 aliphatic rings. The number of nitrogens with one attached hydrogen (secondary N) is 1. The van der Waals surface area contributed by atoms with Gasteiger partial charge >= 0.3 is 5.97 Å². The highest BCUT2D eigenvalue weighted by Crippen LogP contribution is 2.34. The molecule has 0 saturated carbocycles. The molecule has 0 radical (unpaired) electrons. The van der Waals surface area contributed by atoms with Crippen LogP contribution in [0.3, 0.4) is 0 Å². The lowest BCUT2D eigenvalue weighted by molar-refractivity contribution is -0.139. The van der Waals surface area contributed by atoms with Crippen molar-refractivity contribution in [3.63, 3.8) is 0 Å². The number of hydrogen-bond donors (Lipinski definition) is 1. The quantitative estimate of drug-likeness (QED) is 0.561. The second-order valence-corrected chi connectivity index (χ2v) is 8.17. The number of hydrogen-bond acceptors (Lipinski definition) is 6. The van der Waals surface area contributed by atoms with Gasteiger partial charge < -0.3 is 15.0 Å². The van der Waals surface area contributed by atoms with E-state index in [4.69, 9.17) is 17.0 Å². The van der Waals surface area contributed by atoms with Gasteiger partial charge in [-0.3, -0.25) is 4.90 Å². The molecule has 1 aromatic heterocycles. The Morgan fingerprint density at radius 3 is 2.42 bits per heavy atom. The molecule has 2 aliphatic heterocycles. The molecule has 4 rings (SSSR count). The summed E-state index contributed by atoms with van der Waals surface area (Å²) in [5.74, 6) is 0.347. The molecule has 0 amide bonds. The van der Waals surface area contributed by atoms with Crippen molar-refractivity contribution >= 4 is 34.9 Å². The average molecular weight is 438 g/mol. The predicted octanol–water partition coefficient (Wildman–Crippen LogP) is 3.66. The predicted molar refractivity (Wildman–Crippen MR) is 125 cm³/mol. The number of carbonyl (C=O) groups is 1. The molecule has 0 bridgehead atoms. The second-order valence-electron chi connectivity index (χ2n) is 7.78. The Bertz CT molecular complexity index is 998. The van der Waals surface area contributed by atoms with E-state index in [-0.39, 0.29) is 5.97 Å². The van der Waals surface area contributed by atoms with Gasteiger partial charge in [0.15, 0.2) is 5.11 Å². The van der Waals surface area contributed by atoms with Crippen LogP contribution in [-0.2, 0) is 9.53 Å². The third-order valence-corrected chi connectivity index (χ3v) is 5.95. The first-order valence-corrected chi connectivity index (χ1v) is 11.0. The SMILES string of the molecule is CCOC(=O)C1=C(C)N(c2ccc(C)cc2)C(=S)N[C@@H]1c1cnc(N2CCCC2)nc1. The number of carbonyl (C=O) groups excluding carboxylic acids is 1. The van der Waals surface area contributed by atoms with Gasteiger partial charge in [-0.1, -0.05) is 17.7 Å². The molecule has 8 heteroatoms. The minimum absolute atomic E-state index is 0.293. The van der Waals surface area contributed by atoms with Crippen molar-refractivity contribution < 1.29 is 9.53 Å². The fourth-order valence-electron chi connectivity index (χ4n) is 4.03. The zero-order valence-corrected chi connectivity index (χ0v) is 18.9. The summed E-state index contributed by atoms with van der Waals surface area (Å²) < 4.78 is 5.39. The van der Waals surface area contributed by atoms with E-state index < -0.39 is 6.04 Å². The van der Waals surface area contributed by atoms with Crippen LogP contribution in [0.4, 0.5) is 11.6 Å². The Labute approximate surface area is 188 Å². The van der Waals surface area contributed by atoms with Crippen molar-refractivity contribution in [2.45, 2.75) is 39.7 Å². The Kier molecular flexibility index (Phi) is 6.18. The maximum atomic E-state index is 13.0. The van der Waals surface area contributed by atoms with Gasteiger partial charge in [-0.05, 0) is 58.0 Å². The van der Waals surface area contributed by atoms with Gasteiger partial charge in [0.25, 0.3) is 0 Å². The largest absolute Gasteiger partial charge is 0.463 e. The Balaban J connectivity index is 1.72. The van der Waals surface area contributed by atoms with E-state index >= 15 is 0 Å². The zero-order valence-electron chi connectivity index (χ0n) is 18.1. The van der Waals surface area contributed by atoms with Crippen LogP contribution in [0.2, 0.25) is 0 Å². The molecule has 1 saturated heterocycles. The summed E-state index contributed by atoms with van der Waals surface area (Å²) in [6.45, 7) is 7.97. The lowest BCUT2D eigenvalue weighted by Crippen LogP contribution is -2.48. The minimum Gasteiger partial charge on any atom is -0.463 e. The lowest BCUT2D eigenvalue weighted by Gasteiger charge is -2.37. The molecule has 1 atom stereocenters. The molecule has 7 nitrogen and oxygen atoms in total. The summed E-state index contributed by atoms with van der Waals surface area (Å²) in [4.78, 5) is 26.1. The average Bonchev–Trinajstić information content (AvgIpc) is 3.30. The summed E-state index contributed by atoms with van der Waals surface area (Å²) in [7, 11) is 0.